The highest BCUT2D eigenvalue weighted by atomic mass is 16.7. The van der Waals surface area contributed by atoms with Crippen LogP contribution in [0.2, 0.25) is 0 Å². The zero-order valence-corrected chi connectivity index (χ0v) is 14.3. The van der Waals surface area contributed by atoms with Crippen LogP contribution in [0.4, 0.5) is 5.82 Å². The molecule has 1 atom stereocenters. The Bertz CT molecular complexity index is 517. The summed E-state index contributed by atoms with van der Waals surface area (Å²) >= 11 is 0. The third-order valence-electron chi connectivity index (χ3n) is 5.25. The third kappa shape index (κ3) is 2.74. The van der Waals surface area contributed by atoms with Crippen molar-refractivity contribution in [2.75, 3.05) is 11.4 Å². The first-order chi connectivity index (χ1) is 10.3. The minimum absolute atomic E-state index is 0.348. The van der Waals surface area contributed by atoms with Crippen molar-refractivity contribution < 1.29 is 9.31 Å². The predicted octanol–water partition coefficient (Wildman–Crippen LogP) is 2.15. The van der Waals surface area contributed by atoms with Crippen molar-refractivity contribution in [3.05, 3.63) is 12.4 Å². The SMILES string of the molecule is CC1CCCCN1c1cnc(B2OC(C)(C)C(C)(C)O2)cn1. The fraction of sp³-hybridized carbons (Fsp3) is 0.750. The van der Waals surface area contributed by atoms with Gasteiger partial charge in [0.05, 0.1) is 23.0 Å². The van der Waals surface area contributed by atoms with E-state index in [2.05, 4.69) is 21.8 Å². The van der Waals surface area contributed by atoms with Crippen LogP contribution in [0.15, 0.2) is 12.4 Å². The molecule has 0 N–H and O–H groups in total. The first-order valence-electron chi connectivity index (χ1n) is 8.24. The molecule has 0 amide bonds. The van der Waals surface area contributed by atoms with E-state index >= 15 is 0 Å². The molecule has 6 heteroatoms. The van der Waals surface area contributed by atoms with Gasteiger partial charge in [-0.25, -0.2) is 4.98 Å². The number of hydrogen-bond acceptors (Lipinski definition) is 5. The lowest BCUT2D eigenvalue weighted by molar-refractivity contribution is 0.00578. The lowest BCUT2D eigenvalue weighted by Gasteiger charge is -2.34. The lowest BCUT2D eigenvalue weighted by atomic mass is 9.85. The zero-order chi connectivity index (χ0) is 16.0. The van der Waals surface area contributed by atoms with Crippen molar-refractivity contribution in [3.8, 4) is 0 Å². The molecular formula is C16H26BN3O2. The summed E-state index contributed by atoms with van der Waals surface area (Å²) in [6.07, 6.45) is 7.39. The minimum Gasteiger partial charge on any atom is -0.398 e. The van der Waals surface area contributed by atoms with E-state index in [9.17, 15) is 0 Å². The van der Waals surface area contributed by atoms with Gasteiger partial charge in [0, 0.05) is 18.8 Å². The van der Waals surface area contributed by atoms with Crippen molar-refractivity contribution in [2.45, 2.75) is 71.1 Å². The van der Waals surface area contributed by atoms with Gasteiger partial charge in [-0.2, -0.15) is 0 Å². The molecule has 0 radical (unpaired) electrons. The van der Waals surface area contributed by atoms with E-state index < -0.39 is 7.12 Å². The number of nitrogens with zero attached hydrogens (tertiary/aromatic N) is 3. The van der Waals surface area contributed by atoms with E-state index in [4.69, 9.17) is 9.31 Å². The summed E-state index contributed by atoms with van der Waals surface area (Å²) in [7, 11) is -0.440. The first-order valence-corrected chi connectivity index (χ1v) is 8.24. The Morgan fingerprint density at radius 3 is 2.32 bits per heavy atom. The molecule has 2 aliphatic rings. The van der Waals surface area contributed by atoms with E-state index in [1.165, 1.54) is 19.3 Å². The van der Waals surface area contributed by atoms with Crippen LogP contribution in [0.25, 0.3) is 0 Å². The quantitative estimate of drug-likeness (QED) is 0.784. The van der Waals surface area contributed by atoms with Gasteiger partial charge in [0.1, 0.15) is 5.82 Å². The van der Waals surface area contributed by atoms with Crippen LogP contribution in [-0.4, -0.2) is 40.9 Å². The Kier molecular flexibility index (Phi) is 3.93. The summed E-state index contributed by atoms with van der Waals surface area (Å²) < 4.78 is 12.0. The molecule has 0 saturated carbocycles. The number of hydrogen-bond donors (Lipinski definition) is 0. The topological polar surface area (TPSA) is 47.5 Å². The summed E-state index contributed by atoms with van der Waals surface area (Å²) in [5, 5.41) is 0. The van der Waals surface area contributed by atoms with Gasteiger partial charge in [-0.1, -0.05) is 0 Å². The monoisotopic (exact) mass is 303 g/mol. The molecule has 2 fully saturated rings. The van der Waals surface area contributed by atoms with Gasteiger partial charge < -0.3 is 14.2 Å². The van der Waals surface area contributed by atoms with Crippen LogP contribution < -0.4 is 10.5 Å². The van der Waals surface area contributed by atoms with Crippen LogP contribution >= 0.6 is 0 Å². The van der Waals surface area contributed by atoms with Gasteiger partial charge >= 0.3 is 7.12 Å². The second kappa shape index (κ2) is 5.50. The molecule has 0 aromatic carbocycles. The lowest BCUT2D eigenvalue weighted by Crippen LogP contribution is -2.41. The van der Waals surface area contributed by atoms with E-state index in [0.29, 0.717) is 6.04 Å². The minimum atomic E-state index is -0.440. The Labute approximate surface area is 133 Å². The third-order valence-corrected chi connectivity index (χ3v) is 5.25. The van der Waals surface area contributed by atoms with Gasteiger partial charge in [-0.15, -0.1) is 0 Å². The van der Waals surface area contributed by atoms with Crippen LogP contribution in [0.1, 0.15) is 53.9 Å². The van der Waals surface area contributed by atoms with Crippen molar-refractivity contribution in [3.63, 3.8) is 0 Å². The summed E-state index contributed by atoms with van der Waals surface area (Å²) in [6.45, 7) is 11.5. The second-order valence-electron chi connectivity index (χ2n) is 7.43. The van der Waals surface area contributed by atoms with Gasteiger partial charge in [-0.3, -0.25) is 4.98 Å². The largest absolute Gasteiger partial charge is 0.516 e. The molecular weight excluding hydrogens is 277 g/mol. The fourth-order valence-corrected chi connectivity index (χ4v) is 3.00. The normalized spacial score (nSPS) is 27.2. The van der Waals surface area contributed by atoms with Crippen LogP contribution in [-0.2, 0) is 9.31 Å². The highest BCUT2D eigenvalue weighted by Gasteiger charge is 2.52. The maximum atomic E-state index is 6.02. The summed E-state index contributed by atoms with van der Waals surface area (Å²) in [5.41, 5.74) is 0.0470. The molecule has 1 aromatic rings. The van der Waals surface area contributed by atoms with E-state index in [1.54, 1.807) is 6.20 Å². The Hall–Kier alpha value is -1.14. The average molecular weight is 303 g/mol. The van der Waals surface area contributed by atoms with Gasteiger partial charge in [-0.05, 0) is 53.9 Å². The van der Waals surface area contributed by atoms with Crippen LogP contribution in [0.3, 0.4) is 0 Å². The highest BCUT2D eigenvalue weighted by Crippen LogP contribution is 2.36. The van der Waals surface area contributed by atoms with Crippen LogP contribution in [0, 0.1) is 0 Å². The molecule has 0 bridgehead atoms. The number of piperidine rings is 1. The Morgan fingerprint density at radius 1 is 1.09 bits per heavy atom. The standard InChI is InChI=1S/C16H26BN3O2/c1-12-8-6-7-9-20(12)14-11-18-13(10-19-14)17-21-15(2,3)16(4,5)22-17/h10-12H,6-9H2,1-5H3. The maximum absolute atomic E-state index is 6.02. The molecule has 2 aliphatic heterocycles. The fourth-order valence-electron chi connectivity index (χ4n) is 3.00. The molecule has 22 heavy (non-hydrogen) atoms. The van der Waals surface area contributed by atoms with E-state index in [-0.39, 0.29) is 11.2 Å². The maximum Gasteiger partial charge on any atom is 0.516 e. The summed E-state index contributed by atoms with van der Waals surface area (Å²) in [5.74, 6) is 0.951. The van der Waals surface area contributed by atoms with Crippen molar-refractivity contribution in [2.24, 2.45) is 0 Å². The van der Waals surface area contributed by atoms with Crippen molar-refractivity contribution >= 4 is 18.5 Å². The molecule has 3 rings (SSSR count). The molecule has 0 aliphatic carbocycles. The Morgan fingerprint density at radius 2 is 1.77 bits per heavy atom. The van der Waals surface area contributed by atoms with Gasteiger partial charge in [0.15, 0.2) is 0 Å². The predicted molar refractivity (Wildman–Crippen MR) is 88.4 cm³/mol. The summed E-state index contributed by atoms with van der Waals surface area (Å²) in [4.78, 5) is 11.5. The molecule has 3 heterocycles. The Balaban J connectivity index is 1.75. The van der Waals surface area contributed by atoms with E-state index in [1.807, 2.05) is 33.9 Å². The molecule has 0 spiro atoms. The van der Waals surface area contributed by atoms with Gasteiger partial charge in [0.25, 0.3) is 0 Å². The van der Waals surface area contributed by atoms with Crippen molar-refractivity contribution in [1.29, 1.82) is 0 Å². The molecule has 5 nitrogen and oxygen atoms in total. The number of rotatable bonds is 2. The number of aromatic nitrogens is 2. The first kappa shape index (κ1) is 15.7. The van der Waals surface area contributed by atoms with Crippen molar-refractivity contribution in [1.82, 2.24) is 9.97 Å². The van der Waals surface area contributed by atoms with Gasteiger partial charge in [0.2, 0.25) is 0 Å². The molecule has 120 valence electrons. The molecule has 1 aromatic heterocycles. The number of anilines is 1. The van der Waals surface area contributed by atoms with E-state index in [0.717, 1.165) is 18.0 Å². The highest BCUT2D eigenvalue weighted by molar-refractivity contribution is 6.61. The van der Waals surface area contributed by atoms with Crippen LogP contribution in [0.5, 0.6) is 0 Å². The second-order valence-corrected chi connectivity index (χ2v) is 7.43. The average Bonchev–Trinajstić information content (AvgIpc) is 2.68. The molecule has 1 unspecified atom stereocenters. The molecule has 2 saturated heterocycles. The smallest absolute Gasteiger partial charge is 0.398 e. The summed E-state index contributed by atoms with van der Waals surface area (Å²) in [6, 6.07) is 0.533. The zero-order valence-electron chi connectivity index (χ0n) is 14.3.